The van der Waals surface area contributed by atoms with E-state index in [1.165, 1.54) is 30.3 Å². The van der Waals surface area contributed by atoms with Gasteiger partial charge in [-0.3, -0.25) is 4.79 Å². The second-order valence-electron chi connectivity index (χ2n) is 6.20. The van der Waals surface area contributed by atoms with Crippen molar-refractivity contribution in [3.63, 3.8) is 0 Å². The maximum atomic E-state index is 12.3. The first kappa shape index (κ1) is 14.8. The third kappa shape index (κ3) is 2.73. The summed E-state index contributed by atoms with van der Waals surface area (Å²) in [6.07, 6.45) is 6.12. The van der Waals surface area contributed by atoms with Crippen LogP contribution in [-0.2, 0) is 12.8 Å². The van der Waals surface area contributed by atoms with Gasteiger partial charge in [-0.05, 0) is 68.5 Å². The van der Waals surface area contributed by atoms with Crippen LogP contribution >= 0.6 is 0 Å². The van der Waals surface area contributed by atoms with Crippen LogP contribution in [0, 0.1) is 6.92 Å². The van der Waals surface area contributed by atoms with Gasteiger partial charge in [0.25, 0.3) is 5.91 Å². The second kappa shape index (κ2) is 6.00. The lowest BCUT2D eigenvalue weighted by atomic mass is 9.95. The summed E-state index contributed by atoms with van der Waals surface area (Å²) in [5, 5.41) is 5.12. The fraction of sp³-hybridized carbons (Fsp3) is 0.263. The van der Waals surface area contributed by atoms with Crippen molar-refractivity contribution >= 4 is 23.0 Å². The van der Waals surface area contributed by atoms with Gasteiger partial charge < -0.3 is 9.40 Å². The van der Waals surface area contributed by atoms with E-state index in [2.05, 4.69) is 15.5 Å². The van der Waals surface area contributed by atoms with Gasteiger partial charge in [-0.2, -0.15) is 5.10 Å². The van der Waals surface area contributed by atoms with Crippen molar-refractivity contribution in [2.75, 3.05) is 0 Å². The molecule has 3 aromatic rings. The third-order valence-electron chi connectivity index (χ3n) is 4.48. The molecule has 0 aliphatic heterocycles. The highest BCUT2D eigenvalue weighted by molar-refractivity contribution is 5.99. The molecule has 0 atom stereocenters. The number of hydrogen-bond acceptors (Lipinski definition) is 3. The predicted molar refractivity (Wildman–Crippen MR) is 93.4 cm³/mol. The molecule has 1 amide bonds. The van der Waals surface area contributed by atoms with E-state index in [4.69, 9.17) is 4.42 Å². The molecule has 24 heavy (non-hydrogen) atoms. The number of benzene rings is 1. The summed E-state index contributed by atoms with van der Waals surface area (Å²) >= 11 is 0. The average molecular weight is 321 g/mol. The number of aromatic nitrogens is 1. The Morgan fingerprint density at radius 3 is 2.96 bits per heavy atom. The molecular weight excluding hydrogens is 302 g/mol. The number of H-pyrrole nitrogens is 1. The second-order valence-corrected chi connectivity index (χ2v) is 6.20. The number of amides is 1. The van der Waals surface area contributed by atoms with E-state index in [0.29, 0.717) is 11.3 Å². The number of aryl methyl sites for hydroxylation is 3. The highest BCUT2D eigenvalue weighted by Crippen LogP contribution is 2.29. The van der Waals surface area contributed by atoms with Gasteiger partial charge in [-0.1, -0.05) is 0 Å². The van der Waals surface area contributed by atoms with E-state index >= 15 is 0 Å². The molecule has 0 spiro atoms. The maximum absolute atomic E-state index is 12.3. The van der Waals surface area contributed by atoms with Gasteiger partial charge in [0.1, 0.15) is 11.5 Å². The number of rotatable bonds is 3. The lowest BCUT2D eigenvalue weighted by Gasteiger charge is -2.10. The first-order valence-electron chi connectivity index (χ1n) is 8.24. The Kier molecular flexibility index (Phi) is 3.69. The standard InChI is InChI=1S/C19H19N3O2/c1-12-6-8-14(24-12)11-20-22-19(23)13-7-9-18-16(10-13)15-4-2-3-5-17(15)21-18/h6-11,21H,2-5H2,1H3,(H,22,23)/b20-11-. The van der Waals surface area contributed by atoms with Crippen molar-refractivity contribution in [3.8, 4) is 0 Å². The van der Waals surface area contributed by atoms with Gasteiger partial charge >= 0.3 is 0 Å². The van der Waals surface area contributed by atoms with E-state index in [1.807, 2.05) is 37.3 Å². The SMILES string of the molecule is Cc1ccc(/C=N\NC(=O)c2ccc3[nH]c4c(c3c2)CCCC4)o1. The van der Waals surface area contributed by atoms with Gasteiger partial charge in [0.05, 0.1) is 6.21 Å². The summed E-state index contributed by atoms with van der Waals surface area (Å²) in [7, 11) is 0. The van der Waals surface area contributed by atoms with Crippen LogP contribution in [0.15, 0.2) is 39.9 Å². The smallest absolute Gasteiger partial charge is 0.271 e. The molecule has 5 nitrogen and oxygen atoms in total. The number of nitrogens with one attached hydrogen (secondary N) is 2. The number of aromatic amines is 1. The van der Waals surface area contributed by atoms with Crippen LogP contribution in [0.25, 0.3) is 10.9 Å². The van der Waals surface area contributed by atoms with Crippen LogP contribution in [0.1, 0.15) is 46.0 Å². The fourth-order valence-electron chi connectivity index (χ4n) is 3.29. The third-order valence-corrected chi connectivity index (χ3v) is 4.48. The Labute approximate surface area is 139 Å². The van der Waals surface area contributed by atoms with E-state index < -0.39 is 0 Å². The number of carbonyl (C=O) groups excluding carboxylic acids is 1. The Morgan fingerprint density at radius 1 is 1.25 bits per heavy atom. The molecule has 0 bridgehead atoms. The van der Waals surface area contributed by atoms with Crippen molar-refractivity contribution in [1.82, 2.24) is 10.4 Å². The molecule has 1 aromatic carbocycles. The van der Waals surface area contributed by atoms with Crippen LogP contribution in [0.3, 0.4) is 0 Å². The summed E-state index contributed by atoms with van der Waals surface area (Å²) in [6.45, 7) is 1.86. The van der Waals surface area contributed by atoms with Gasteiger partial charge in [-0.15, -0.1) is 0 Å². The normalized spacial score (nSPS) is 14.2. The summed E-state index contributed by atoms with van der Waals surface area (Å²) in [5.41, 5.74) is 6.95. The Hall–Kier alpha value is -2.82. The number of hydrazone groups is 1. The minimum atomic E-state index is -0.220. The molecule has 0 saturated heterocycles. The Balaban J connectivity index is 1.54. The molecular formula is C19H19N3O2. The highest BCUT2D eigenvalue weighted by Gasteiger charge is 2.16. The molecule has 5 heteroatoms. The molecule has 0 unspecified atom stereocenters. The quantitative estimate of drug-likeness (QED) is 0.570. The summed E-state index contributed by atoms with van der Waals surface area (Å²) in [6, 6.07) is 9.42. The lowest BCUT2D eigenvalue weighted by molar-refractivity contribution is 0.0955. The first-order valence-corrected chi connectivity index (χ1v) is 8.24. The fourth-order valence-corrected chi connectivity index (χ4v) is 3.29. The molecule has 0 fully saturated rings. The molecule has 1 aliphatic carbocycles. The molecule has 4 rings (SSSR count). The van der Waals surface area contributed by atoms with Gasteiger partial charge in [-0.25, -0.2) is 5.43 Å². The van der Waals surface area contributed by atoms with E-state index in [-0.39, 0.29) is 5.91 Å². The van der Waals surface area contributed by atoms with Crippen LogP contribution < -0.4 is 5.43 Å². The van der Waals surface area contributed by atoms with Gasteiger partial charge in [0, 0.05) is 22.2 Å². The highest BCUT2D eigenvalue weighted by atomic mass is 16.3. The molecule has 1 aliphatic rings. The topological polar surface area (TPSA) is 70.4 Å². The Morgan fingerprint density at radius 2 is 2.12 bits per heavy atom. The van der Waals surface area contributed by atoms with E-state index in [0.717, 1.165) is 29.5 Å². The monoisotopic (exact) mass is 321 g/mol. The molecule has 0 radical (unpaired) electrons. The number of fused-ring (bicyclic) bond motifs is 3. The average Bonchev–Trinajstić information content (AvgIpc) is 3.17. The number of furan rings is 1. The van der Waals surface area contributed by atoms with Crippen LogP contribution in [0.2, 0.25) is 0 Å². The van der Waals surface area contributed by atoms with Crippen LogP contribution in [0.4, 0.5) is 0 Å². The molecule has 2 heterocycles. The minimum Gasteiger partial charge on any atom is -0.460 e. The number of nitrogens with zero attached hydrogens (tertiary/aromatic N) is 1. The summed E-state index contributed by atoms with van der Waals surface area (Å²) in [4.78, 5) is 15.8. The van der Waals surface area contributed by atoms with E-state index in [1.54, 1.807) is 0 Å². The molecule has 2 N–H and O–H groups in total. The lowest BCUT2D eigenvalue weighted by Crippen LogP contribution is -2.17. The van der Waals surface area contributed by atoms with Crippen LogP contribution in [0.5, 0.6) is 0 Å². The van der Waals surface area contributed by atoms with E-state index in [9.17, 15) is 4.79 Å². The van der Waals surface area contributed by atoms with Crippen molar-refractivity contribution in [3.05, 3.63) is 58.7 Å². The van der Waals surface area contributed by atoms with Crippen molar-refractivity contribution in [2.24, 2.45) is 5.10 Å². The summed E-state index contributed by atoms with van der Waals surface area (Å²) < 4.78 is 5.38. The van der Waals surface area contributed by atoms with Crippen molar-refractivity contribution in [2.45, 2.75) is 32.6 Å². The van der Waals surface area contributed by atoms with Crippen LogP contribution in [-0.4, -0.2) is 17.1 Å². The number of hydrogen-bond donors (Lipinski definition) is 2. The first-order chi connectivity index (χ1) is 11.7. The zero-order chi connectivity index (χ0) is 16.5. The van der Waals surface area contributed by atoms with Crippen molar-refractivity contribution in [1.29, 1.82) is 0 Å². The number of carbonyl (C=O) groups is 1. The zero-order valence-corrected chi connectivity index (χ0v) is 13.6. The molecule has 0 saturated carbocycles. The predicted octanol–water partition coefficient (Wildman–Crippen LogP) is 3.71. The minimum absolute atomic E-state index is 0.220. The Bertz CT molecular complexity index is 933. The zero-order valence-electron chi connectivity index (χ0n) is 13.6. The summed E-state index contributed by atoms with van der Waals surface area (Å²) in [5.74, 6) is 1.20. The van der Waals surface area contributed by atoms with Gasteiger partial charge in [0.2, 0.25) is 0 Å². The van der Waals surface area contributed by atoms with Crippen molar-refractivity contribution < 1.29 is 9.21 Å². The van der Waals surface area contributed by atoms with Gasteiger partial charge in [0.15, 0.2) is 0 Å². The largest absolute Gasteiger partial charge is 0.460 e. The maximum Gasteiger partial charge on any atom is 0.271 e. The molecule has 2 aromatic heterocycles. The molecule has 122 valence electrons.